The fourth-order valence-corrected chi connectivity index (χ4v) is 0.626. The van der Waals surface area contributed by atoms with Gasteiger partial charge in [-0.3, -0.25) is 0 Å². The highest BCUT2D eigenvalue weighted by Gasteiger charge is 2.07. The lowest BCUT2D eigenvalue weighted by molar-refractivity contribution is 0.453. The molecule has 0 aliphatic rings. The van der Waals surface area contributed by atoms with Crippen LogP contribution in [-0.4, -0.2) is 5.11 Å². The van der Waals surface area contributed by atoms with Crippen LogP contribution in [0.25, 0.3) is 0 Å². The van der Waals surface area contributed by atoms with Gasteiger partial charge in [-0.1, -0.05) is 0 Å². The number of nitriles is 1. The molecule has 0 heterocycles. The Hall–Kier alpha value is -1.63. The number of phenolic OH excluding ortho intramolecular Hbond substituents is 1. The summed E-state index contributed by atoms with van der Waals surface area (Å²) < 4.78 is 24.6. The van der Waals surface area contributed by atoms with E-state index in [9.17, 15) is 8.78 Å². The summed E-state index contributed by atoms with van der Waals surface area (Å²) in [5.74, 6) is -2.85. The highest BCUT2D eigenvalue weighted by Crippen LogP contribution is 2.19. The van der Waals surface area contributed by atoms with Crippen LogP contribution in [0.4, 0.5) is 8.78 Å². The minimum Gasteiger partial charge on any atom is -0.506 e. The first-order valence-corrected chi connectivity index (χ1v) is 2.73. The molecule has 0 radical (unpaired) electrons. The van der Waals surface area contributed by atoms with Gasteiger partial charge in [0.1, 0.15) is 11.8 Å². The van der Waals surface area contributed by atoms with E-state index >= 15 is 0 Å². The summed E-state index contributed by atoms with van der Waals surface area (Å²) in [6.45, 7) is 0. The van der Waals surface area contributed by atoms with Crippen molar-refractivity contribution < 1.29 is 13.9 Å². The lowest BCUT2D eigenvalue weighted by atomic mass is 10.2. The predicted molar refractivity (Wildman–Crippen MR) is 32.7 cm³/mol. The zero-order valence-corrected chi connectivity index (χ0v) is 5.31. The minimum absolute atomic E-state index is 0.274. The maximum atomic E-state index is 12.3. The quantitative estimate of drug-likeness (QED) is 0.617. The molecule has 0 saturated carbocycles. The number of hydrogen-bond acceptors (Lipinski definition) is 2. The molecule has 0 amide bonds. The first-order valence-electron chi connectivity index (χ1n) is 2.73. The van der Waals surface area contributed by atoms with Crippen LogP contribution in [0.1, 0.15) is 5.56 Å². The van der Waals surface area contributed by atoms with Crippen LogP contribution in [0.15, 0.2) is 12.1 Å². The fraction of sp³-hybridized carbons (Fsp3) is 0. The van der Waals surface area contributed by atoms with Crippen molar-refractivity contribution in [1.82, 2.24) is 0 Å². The van der Waals surface area contributed by atoms with E-state index in [-0.39, 0.29) is 5.56 Å². The molecule has 0 unspecified atom stereocenters. The molecule has 0 atom stereocenters. The Morgan fingerprint density at radius 2 is 1.82 bits per heavy atom. The third-order valence-corrected chi connectivity index (χ3v) is 1.16. The van der Waals surface area contributed by atoms with Gasteiger partial charge in [-0.05, 0) is 6.07 Å². The van der Waals surface area contributed by atoms with Gasteiger partial charge in [0.05, 0.1) is 5.56 Å². The van der Waals surface area contributed by atoms with Gasteiger partial charge >= 0.3 is 0 Å². The van der Waals surface area contributed by atoms with Crippen molar-refractivity contribution in [3.05, 3.63) is 29.3 Å². The monoisotopic (exact) mass is 155 g/mol. The van der Waals surface area contributed by atoms with Gasteiger partial charge in [0, 0.05) is 6.07 Å². The second-order valence-electron chi connectivity index (χ2n) is 1.90. The van der Waals surface area contributed by atoms with E-state index in [1.807, 2.05) is 0 Å². The Labute approximate surface area is 61.3 Å². The number of benzene rings is 1. The van der Waals surface area contributed by atoms with Gasteiger partial charge in [-0.15, -0.1) is 0 Å². The molecule has 0 aliphatic heterocycles. The topological polar surface area (TPSA) is 44.0 Å². The van der Waals surface area contributed by atoms with Gasteiger partial charge in [0.15, 0.2) is 11.6 Å². The molecule has 4 heteroatoms. The van der Waals surface area contributed by atoms with E-state index in [2.05, 4.69) is 0 Å². The van der Waals surface area contributed by atoms with E-state index < -0.39 is 17.4 Å². The molecule has 2 nitrogen and oxygen atoms in total. The Kier molecular flexibility index (Phi) is 1.73. The summed E-state index contributed by atoms with van der Waals surface area (Å²) in [6.07, 6.45) is 0. The largest absolute Gasteiger partial charge is 0.506 e. The van der Waals surface area contributed by atoms with Crippen LogP contribution in [0.5, 0.6) is 5.75 Å². The van der Waals surface area contributed by atoms with E-state index in [1.165, 1.54) is 6.07 Å². The number of hydrogen-bond donors (Lipinski definition) is 1. The van der Waals surface area contributed by atoms with Crippen LogP contribution in [0, 0.1) is 23.0 Å². The molecule has 0 spiro atoms. The number of phenols is 1. The fourth-order valence-electron chi connectivity index (χ4n) is 0.626. The van der Waals surface area contributed by atoms with Crippen molar-refractivity contribution in [2.24, 2.45) is 0 Å². The number of nitrogens with zero attached hydrogens (tertiary/aromatic N) is 1. The van der Waals surface area contributed by atoms with Crippen molar-refractivity contribution in [3.63, 3.8) is 0 Å². The van der Waals surface area contributed by atoms with Crippen molar-refractivity contribution in [2.45, 2.75) is 0 Å². The first kappa shape index (κ1) is 7.48. The molecule has 1 aromatic rings. The first-order chi connectivity index (χ1) is 5.15. The van der Waals surface area contributed by atoms with E-state index in [0.717, 1.165) is 0 Å². The average Bonchev–Trinajstić information content (AvgIpc) is 1.97. The molecule has 1 rings (SSSR count). The molecule has 1 N–H and O–H groups in total. The van der Waals surface area contributed by atoms with Gasteiger partial charge in [-0.25, -0.2) is 8.78 Å². The number of rotatable bonds is 0. The molecule has 11 heavy (non-hydrogen) atoms. The van der Waals surface area contributed by atoms with Crippen LogP contribution in [0.3, 0.4) is 0 Å². The van der Waals surface area contributed by atoms with E-state index in [0.29, 0.717) is 12.1 Å². The second kappa shape index (κ2) is 2.54. The Balaban J connectivity index is 3.35. The van der Waals surface area contributed by atoms with Crippen molar-refractivity contribution in [1.29, 1.82) is 5.26 Å². The third kappa shape index (κ3) is 1.27. The predicted octanol–water partition coefficient (Wildman–Crippen LogP) is 1.54. The van der Waals surface area contributed by atoms with Gasteiger partial charge in [0.2, 0.25) is 0 Å². The lowest BCUT2D eigenvalue weighted by Crippen LogP contribution is -1.85. The zero-order chi connectivity index (χ0) is 8.43. The lowest BCUT2D eigenvalue weighted by Gasteiger charge is -1.95. The maximum Gasteiger partial charge on any atom is 0.162 e. The Morgan fingerprint density at radius 1 is 1.27 bits per heavy atom. The molecule has 0 fully saturated rings. The normalized spacial score (nSPS) is 9.18. The van der Waals surface area contributed by atoms with E-state index in [1.54, 1.807) is 0 Å². The van der Waals surface area contributed by atoms with Crippen molar-refractivity contribution >= 4 is 0 Å². The molecule has 0 aromatic heterocycles. The van der Waals surface area contributed by atoms with Gasteiger partial charge in [-0.2, -0.15) is 5.26 Å². The van der Waals surface area contributed by atoms with Gasteiger partial charge in [0.25, 0.3) is 0 Å². The van der Waals surface area contributed by atoms with Crippen molar-refractivity contribution in [3.8, 4) is 11.8 Å². The third-order valence-electron chi connectivity index (χ3n) is 1.16. The molecular weight excluding hydrogens is 152 g/mol. The van der Waals surface area contributed by atoms with Crippen LogP contribution in [0.2, 0.25) is 0 Å². The standard InChI is InChI=1S/C7H3F2NO/c8-5-1-4(3-10)7(11)2-6(5)9/h1-2,11H. The highest BCUT2D eigenvalue weighted by molar-refractivity contribution is 5.42. The van der Waals surface area contributed by atoms with Crippen LogP contribution < -0.4 is 0 Å². The maximum absolute atomic E-state index is 12.3. The summed E-state index contributed by atoms with van der Waals surface area (Å²) in [7, 11) is 0. The Bertz CT molecular complexity index is 330. The van der Waals surface area contributed by atoms with Crippen molar-refractivity contribution in [2.75, 3.05) is 0 Å². The molecule has 0 saturated heterocycles. The smallest absolute Gasteiger partial charge is 0.162 e. The summed E-state index contributed by atoms with van der Waals surface area (Å²) in [4.78, 5) is 0. The summed E-state index contributed by atoms with van der Waals surface area (Å²) in [6, 6.07) is 2.71. The zero-order valence-electron chi connectivity index (χ0n) is 5.31. The average molecular weight is 155 g/mol. The molecule has 0 aliphatic carbocycles. The molecule has 1 aromatic carbocycles. The summed E-state index contributed by atoms with van der Waals surface area (Å²) in [5.41, 5.74) is -0.274. The van der Waals surface area contributed by atoms with Crippen LogP contribution >= 0.6 is 0 Å². The van der Waals surface area contributed by atoms with Gasteiger partial charge < -0.3 is 5.11 Å². The SMILES string of the molecule is N#Cc1cc(F)c(F)cc1O. The summed E-state index contributed by atoms with van der Waals surface area (Å²) >= 11 is 0. The van der Waals surface area contributed by atoms with Crippen LogP contribution in [-0.2, 0) is 0 Å². The number of aromatic hydroxyl groups is 1. The second-order valence-corrected chi connectivity index (χ2v) is 1.90. The number of halogens is 2. The molecular formula is C7H3F2NO. The summed E-state index contributed by atoms with van der Waals surface area (Å²) in [5, 5.41) is 17.0. The molecule has 56 valence electrons. The minimum atomic E-state index is -1.17. The highest BCUT2D eigenvalue weighted by atomic mass is 19.2. The molecule has 0 bridgehead atoms. The Morgan fingerprint density at radius 3 is 2.36 bits per heavy atom. The van der Waals surface area contributed by atoms with E-state index in [4.69, 9.17) is 10.4 Å².